The van der Waals surface area contributed by atoms with E-state index in [1.165, 1.54) is 0 Å². The molecule has 5 rings (SSSR count). The number of Topliss-reactive ketones (excluding diaryl/α,β-unsaturated/α-hetero) is 2. The number of likely N-dealkylation sites (N-methyl/N-ethyl adjacent to an activating group) is 1. The Morgan fingerprint density at radius 3 is 2.43 bits per heavy atom. The van der Waals surface area contributed by atoms with Crippen molar-refractivity contribution in [2.24, 2.45) is 17.1 Å². The van der Waals surface area contributed by atoms with Crippen molar-refractivity contribution in [2.45, 2.75) is 50.3 Å². The summed E-state index contributed by atoms with van der Waals surface area (Å²) >= 11 is 0. The number of amides is 1. The van der Waals surface area contributed by atoms with Gasteiger partial charge in [0.15, 0.2) is 11.4 Å². The molecule has 1 aromatic rings. The molecule has 0 aromatic heterocycles. The van der Waals surface area contributed by atoms with Crippen LogP contribution in [0.15, 0.2) is 34.8 Å². The zero-order valence-electron chi connectivity index (χ0n) is 21.4. The fourth-order valence-electron chi connectivity index (χ4n) is 7.41. The quantitative estimate of drug-likeness (QED) is 0.376. The number of aliphatic hydroxyl groups is 3. The summed E-state index contributed by atoms with van der Waals surface area (Å²) < 4.78 is 0. The van der Waals surface area contributed by atoms with E-state index >= 15 is 0 Å². The molecule has 6 N–H and O–H groups in total. The second-order valence-corrected chi connectivity index (χ2v) is 11.4. The lowest BCUT2D eigenvalue weighted by Gasteiger charge is -2.56. The van der Waals surface area contributed by atoms with Gasteiger partial charge in [0.2, 0.25) is 5.78 Å². The van der Waals surface area contributed by atoms with Crippen molar-refractivity contribution >= 4 is 17.5 Å². The number of carbonyl (C=O) groups excluding carboxylic acids is 3. The summed E-state index contributed by atoms with van der Waals surface area (Å²) in [6.45, 7) is 2.49. The number of primary amides is 1. The van der Waals surface area contributed by atoms with Gasteiger partial charge in [0.25, 0.3) is 5.91 Å². The number of carbonyl (C=O) groups is 3. The molecule has 1 amide bonds. The van der Waals surface area contributed by atoms with Crippen molar-refractivity contribution in [2.75, 3.05) is 27.7 Å². The van der Waals surface area contributed by atoms with Crippen LogP contribution in [0.3, 0.4) is 0 Å². The standard InChI is InChI=1S/C27H33N3O7/c1-26-11-14-9-13-8-12(15-6-5-7-30(15)4)10-16(31)17(13)20(32)18(14)23(34)27(26,37)24(35)19(25(28)36)21(33)22(26)29(2)3/h8,10,14-15,22,31,33-34,37H,5-7,9,11H2,1-4H3,(H2,28,36)/t14-,15?,22+,26-,27-/m0/s1. The van der Waals surface area contributed by atoms with E-state index in [4.69, 9.17) is 5.73 Å². The summed E-state index contributed by atoms with van der Waals surface area (Å²) in [4.78, 5) is 43.1. The minimum absolute atomic E-state index is 0.0373. The normalized spacial score (nSPS) is 34.1. The first kappa shape index (κ1) is 25.4. The molecule has 1 aliphatic heterocycles. The number of likely N-dealkylation sites (tertiary alicyclic amines) is 1. The Bertz CT molecular complexity index is 1320. The van der Waals surface area contributed by atoms with Crippen LogP contribution in [-0.4, -0.2) is 87.0 Å². The zero-order chi connectivity index (χ0) is 27.2. The number of aliphatic hydroxyl groups excluding tert-OH is 2. The van der Waals surface area contributed by atoms with Crippen LogP contribution in [0.5, 0.6) is 5.75 Å². The molecule has 37 heavy (non-hydrogen) atoms. The van der Waals surface area contributed by atoms with E-state index in [0.717, 1.165) is 24.9 Å². The number of fused-ring (bicyclic) bond motifs is 3. The summed E-state index contributed by atoms with van der Waals surface area (Å²) in [5.41, 5.74) is 1.82. The van der Waals surface area contributed by atoms with Gasteiger partial charge in [-0.3, -0.25) is 24.2 Å². The topological polar surface area (TPSA) is 165 Å². The highest BCUT2D eigenvalue weighted by Gasteiger charge is 2.69. The Hall–Kier alpha value is -3.21. The number of hydrogen-bond donors (Lipinski definition) is 5. The smallest absolute Gasteiger partial charge is 0.255 e. The van der Waals surface area contributed by atoms with E-state index < -0.39 is 57.5 Å². The molecule has 1 heterocycles. The van der Waals surface area contributed by atoms with Crippen LogP contribution in [0.2, 0.25) is 0 Å². The van der Waals surface area contributed by atoms with Crippen LogP contribution in [0, 0.1) is 11.3 Å². The van der Waals surface area contributed by atoms with Crippen LogP contribution in [0.1, 0.15) is 53.7 Å². The van der Waals surface area contributed by atoms with Crippen LogP contribution in [0.25, 0.3) is 0 Å². The predicted octanol–water partition coefficient (Wildman–Crippen LogP) is 1.28. The summed E-state index contributed by atoms with van der Waals surface area (Å²) in [5, 5.41) is 45.2. The Morgan fingerprint density at radius 1 is 1.19 bits per heavy atom. The van der Waals surface area contributed by atoms with Gasteiger partial charge in [-0.2, -0.15) is 0 Å². The number of hydrogen-bond acceptors (Lipinski definition) is 9. The van der Waals surface area contributed by atoms with Gasteiger partial charge in [-0.05, 0) is 76.5 Å². The lowest BCUT2D eigenvalue weighted by atomic mass is 9.51. The van der Waals surface area contributed by atoms with E-state index in [2.05, 4.69) is 4.90 Å². The van der Waals surface area contributed by atoms with E-state index in [1.807, 2.05) is 13.1 Å². The van der Waals surface area contributed by atoms with E-state index in [-0.39, 0.29) is 35.8 Å². The van der Waals surface area contributed by atoms with Crippen LogP contribution < -0.4 is 5.73 Å². The first-order chi connectivity index (χ1) is 17.3. The average Bonchev–Trinajstić information content (AvgIpc) is 3.21. The molecular formula is C27H33N3O7. The largest absolute Gasteiger partial charge is 0.510 e. The number of phenols is 1. The highest BCUT2D eigenvalue weighted by molar-refractivity contribution is 6.25. The van der Waals surface area contributed by atoms with Gasteiger partial charge in [-0.1, -0.05) is 13.0 Å². The zero-order valence-corrected chi connectivity index (χ0v) is 21.4. The Balaban J connectivity index is 1.70. The number of phenolic OH excluding ortho intramolecular Hbond substituents is 1. The third kappa shape index (κ3) is 3.19. The Kier molecular flexibility index (Phi) is 5.60. The summed E-state index contributed by atoms with van der Waals surface area (Å²) in [7, 11) is 5.24. The number of ketones is 2. The molecule has 198 valence electrons. The fourth-order valence-corrected chi connectivity index (χ4v) is 7.41. The van der Waals surface area contributed by atoms with E-state index in [9.17, 15) is 34.8 Å². The van der Waals surface area contributed by atoms with Crippen molar-refractivity contribution in [3.8, 4) is 5.75 Å². The highest BCUT2D eigenvalue weighted by Crippen LogP contribution is 2.58. The minimum Gasteiger partial charge on any atom is -0.510 e. The number of nitrogens with two attached hydrogens (primary N) is 1. The summed E-state index contributed by atoms with van der Waals surface area (Å²) in [6.07, 6.45) is 2.30. The Morgan fingerprint density at radius 2 is 1.86 bits per heavy atom. The molecule has 3 aliphatic carbocycles. The van der Waals surface area contributed by atoms with Gasteiger partial charge < -0.3 is 26.2 Å². The lowest BCUT2D eigenvalue weighted by Crippen LogP contribution is -2.69. The predicted molar refractivity (Wildman–Crippen MR) is 133 cm³/mol. The summed E-state index contributed by atoms with van der Waals surface area (Å²) in [6, 6.07) is 2.57. The maximum atomic E-state index is 13.7. The molecule has 1 saturated heterocycles. The van der Waals surface area contributed by atoms with Gasteiger partial charge in [0, 0.05) is 17.0 Å². The summed E-state index contributed by atoms with van der Waals surface area (Å²) in [5.74, 6) is -5.40. The molecule has 0 bridgehead atoms. The number of aromatic hydroxyl groups is 1. The van der Waals surface area contributed by atoms with Crippen molar-refractivity contribution in [1.29, 1.82) is 0 Å². The van der Waals surface area contributed by atoms with Gasteiger partial charge in [0.1, 0.15) is 22.8 Å². The fraction of sp³-hybridized carbons (Fsp3) is 0.519. The third-order valence-electron chi connectivity index (χ3n) is 9.00. The molecule has 5 atom stereocenters. The van der Waals surface area contributed by atoms with Crippen molar-refractivity contribution in [1.82, 2.24) is 9.80 Å². The molecule has 1 fully saturated rings. The van der Waals surface area contributed by atoms with Gasteiger partial charge in [-0.15, -0.1) is 0 Å². The lowest BCUT2D eigenvalue weighted by molar-refractivity contribution is -0.165. The monoisotopic (exact) mass is 511 g/mol. The number of allylic oxidation sites excluding steroid dienone is 1. The van der Waals surface area contributed by atoms with Crippen LogP contribution >= 0.6 is 0 Å². The second kappa shape index (κ2) is 8.14. The molecule has 4 aliphatic rings. The number of rotatable bonds is 3. The molecule has 0 spiro atoms. The maximum Gasteiger partial charge on any atom is 0.255 e. The minimum atomic E-state index is -2.68. The van der Waals surface area contributed by atoms with E-state index in [0.29, 0.717) is 5.56 Å². The Labute approximate surface area is 214 Å². The number of benzene rings is 1. The molecule has 1 aromatic carbocycles. The molecule has 10 nitrogen and oxygen atoms in total. The molecular weight excluding hydrogens is 478 g/mol. The molecule has 10 heteroatoms. The van der Waals surface area contributed by atoms with E-state index in [1.54, 1.807) is 32.0 Å². The van der Waals surface area contributed by atoms with Crippen molar-refractivity contribution in [3.63, 3.8) is 0 Å². The maximum absolute atomic E-state index is 13.7. The van der Waals surface area contributed by atoms with Gasteiger partial charge in [0.05, 0.1) is 11.6 Å². The third-order valence-corrected chi connectivity index (χ3v) is 9.00. The van der Waals surface area contributed by atoms with Gasteiger partial charge >= 0.3 is 0 Å². The van der Waals surface area contributed by atoms with Gasteiger partial charge in [-0.25, -0.2) is 0 Å². The molecule has 0 saturated carbocycles. The first-order valence-electron chi connectivity index (χ1n) is 12.5. The first-order valence-corrected chi connectivity index (χ1v) is 12.5. The second-order valence-electron chi connectivity index (χ2n) is 11.4. The van der Waals surface area contributed by atoms with Crippen LogP contribution in [0.4, 0.5) is 0 Å². The SMILES string of the molecule is CN1CCCC1c1cc(O)c2c(c1)C[C@H]1C[C@@]3(C)[C@H](N(C)C)C(O)=C(C(N)=O)C(=O)[C@@]3(O)C(O)=C1C2=O. The molecule has 0 radical (unpaired) electrons. The number of nitrogens with zero attached hydrogens (tertiary/aromatic N) is 2. The highest BCUT2D eigenvalue weighted by atomic mass is 16.4. The van der Waals surface area contributed by atoms with Crippen molar-refractivity contribution in [3.05, 3.63) is 51.5 Å². The van der Waals surface area contributed by atoms with Crippen molar-refractivity contribution < 1.29 is 34.8 Å². The van der Waals surface area contributed by atoms with Crippen LogP contribution in [-0.2, 0) is 16.0 Å². The molecule has 1 unspecified atom stereocenters. The average molecular weight is 512 g/mol.